The highest BCUT2D eigenvalue weighted by Gasteiger charge is 2.11. The van der Waals surface area contributed by atoms with Crippen molar-refractivity contribution in [3.63, 3.8) is 0 Å². The Morgan fingerprint density at radius 1 is 1.54 bits per heavy atom. The molecule has 1 rings (SSSR count). The minimum Gasteiger partial charge on any atom is -0.271 e. The minimum absolute atomic E-state index is 0.196. The van der Waals surface area contributed by atoms with E-state index in [4.69, 9.17) is 22.7 Å². The van der Waals surface area contributed by atoms with Gasteiger partial charge in [-0.25, -0.2) is 0 Å². The summed E-state index contributed by atoms with van der Waals surface area (Å²) >= 11 is 5.93. The smallest absolute Gasteiger partial charge is 0.0642 e. The van der Waals surface area contributed by atoms with E-state index in [2.05, 4.69) is 5.43 Å². The van der Waals surface area contributed by atoms with Crippen molar-refractivity contribution >= 4 is 11.6 Å². The second-order valence-corrected chi connectivity index (χ2v) is 3.01. The van der Waals surface area contributed by atoms with Gasteiger partial charge in [-0.05, 0) is 11.6 Å². The highest BCUT2D eigenvalue weighted by atomic mass is 35.5. The Balaban J connectivity index is 2.92. The summed E-state index contributed by atoms with van der Waals surface area (Å²) < 4.78 is 0. The number of rotatable bonds is 3. The van der Waals surface area contributed by atoms with Crippen molar-refractivity contribution in [1.29, 1.82) is 5.26 Å². The van der Waals surface area contributed by atoms with Gasteiger partial charge in [0.1, 0.15) is 0 Å². The van der Waals surface area contributed by atoms with Crippen LogP contribution in [0.2, 0.25) is 5.02 Å². The molecule has 3 N–H and O–H groups in total. The van der Waals surface area contributed by atoms with Gasteiger partial charge in [-0.1, -0.05) is 29.8 Å². The highest BCUT2D eigenvalue weighted by Crippen LogP contribution is 2.23. The molecule has 0 fully saturated rings. The van der Waals surface area contributed by atoms with E-state index in [1.54, 1.807) is 6.07 Å². The van der Waals surface area contributed by atoms with E-state index in [-0.39, 0.29) is 6.04 Å². The Hall–Kier alpha value is -1.08. The molecular weight excluding hydrogens is 186 g/mol. The zero-order valence-electron chi connectivity index (χ0n) is 7.00. The number of nitrogens with zero attached hydrogens (tertiary/aromatic N) is 1. The van der Waals surface area contributed by atoms with Crippen LogP contribution in [0.25, 0.3) is 0 Å². The molecule has 0 amide bonds. The molecule has 1 aromatic carbocycles. The van der Waals surface area contributed by atoms with Crippen LogP contribution in [0.15, 0.2) is 24.3 Å². The van der Waals surface area contributed by atoms with Crippen LogP contribution in [0.4, 0.5) is 0 Å². The Kier molecular flexibility index (Phi) is 3.71. The quantitative estimate of drug-likeness (QED) is 0.571. The van der Waals surface area contributed by atoms with Gasteiger partial charge in [-0.3, -0.25) is 11.3 Å². The molecule has 0 bridgehead atoms. The van der Waals surface area contributed by atoms with Gasteiger partial charge >= 0.3 is 0 Å². The molecule has 0 saturated heterocycles. The average Bonchev–Trinajstić information content (AvgIpc) is 2.16. The van der Waals surface area contributed by atoms with Crippen molar-refractivity contribution in [1.82, 2.24) is 5.43 Å². The second-order valence-electron chi connectivity index (χ2n) is 2.60. The van der Waals surface area contributed by atoms with Crippen molar-refractivity contribution in [3.8, 4) is 6.07 Å². The maximum absolute atomic E-state index is 8.53. The first-order valence-electron chi connectivity index (χ1n) is 3.87. The topological polar surface area (TPSA) is 61.8 Å². The zero-order valence-corrected chi connectivity index (χ0v) is 7.75. The molecule has 0 radical (unpaired) electrons. The van der Waals surface area contributed by atoms with Crippen LogP contribution in [0, 0.1) is 11.3 Å². The summed E-state index contributed by atoms with van der Waals surface area (Å²) in [5.74, 6) is 5.30. The van der Waals surface area contributed by atoms with Crippen molar-refractivity contribution in [2.24, 2.45) is 5.84 Å². The van der Waals surface area contributed by atoms with E-state index in [0.717, 1.165) is 5.56 Å². The van der Waals surface area contributed by atoms with Crippen LogP contribution in [0.3, 0.4) is 0 Å². The van der Waals surface area contributed by atoms with Crippen LogP contribution in [0.1, 0.15) is 18.0 Å². The van der Waals surface area contributed by atoms with E-state index in [0.29, 0.717) is 11.4 Å². The fourth-order valence-electron chi connectivity index (χ4n) is 1.11. The Morgan fingerprint density at radius 3 is 2.77 bits per heavy atom. The Morgan fingerprint density at radius 2 is 2.23 bits per heavy atom. The number of halogens is 1. The molecule has 13 heavy (non-hydrogen) atoms. The molecule has 0 heterocycles. The lowest BCUT2D eigenvalue weighted by atomic mass is 10.1. The molecule has 0 aliphatic rings. The number of nitrogens with two attached hydrogens (primary N) is 1. The largest absolute Gasteiger partial charge is 0.271 e. The lowest BCUT2D eigenvalue weighted by Crippen LogP contribution is -2.27. The molecule has 1 aromatic rings. The first-order valence-corrected chi connectivity index (χ1v) is 4.25. The van der Waals surface area contributed by atoms with Gasteiger partial charge in [0.25, 0.3) is 0 Å². The highest BCUT2D eigenvalue weighted by molar-refractivity contribution is 6.31. The van der Waals surface area contributed by atoms with Gasteiger partial charge in [0.05, 0.1) is 18.5 Å². The van der Waals surface area contributed by atoms with Gasteiger partial charge in [0, 0.05) is 5.02 Å². The summed E-state index contributed by atoms with van der Waals surface area (Å²) in [6.45, 7) is 0. The third-order valence-corrected chi connectivity index (χ3v) is 2.12. The third-order valence-electron chi connectivity index (χ3n) is 1.78. The molecule has 0 aliphatic heterocycles. The van der Waals surface area contributed by atoms with Gasteiger partial charge in [0.2, 0.25) is 0 Å². The lowest BCUT2D eigenvalue weighted by Gasteiger charge is -2.13. The molecule has 0 spiro atoms. The molecule has 0 saturated carbocycles. The number of hydrogen-bond donors (Lipinski definition) is 2. The normalized spacial score (nSPS) is 12.1. The van der Waals surface area contributed by atoms with Crippen molar-refractivity contribution < 1.29 is 0 Å². The van der Waals surface area contributed by atoms with Gasteiger partial charge < -0.3 is 0 Å². The van der Waals surface area contributed by atoms with Crippen LogP contribution in [0.5, 0.6) is 0 Å². The predicted octanol–water partition coefficient (Wildman–Crippen LogP) is 1.76. The van der Waals surface area contributed by atoms with Crippen molar-refractivity contribution in [2.75, 3.05) is 0 Å². The fraction of sp³-hybridized carbons (Fsp3) is 0.222. The molecule has 1 atom stereocenters. The summed E-state index contributed by atoms with van der Waals surface area (Å²) in [6, 6.07) is 9.18. The number of hydrazine groups is 1. The Labute approximate surface area is 82.1 Å². The maximum atomic E-state index is 8.53. The third kappa shape index (κ3) is 2.43. The SMILES string of the molecule is N#CC[C@H](NN)c1ccccc1Cl. The average molecular weight is 196 g/mol. The molecule has 68 valence electrons. The van der Waals surface area contributed by atoms with E-state index in [1.807, 2.05) is 24.3 Å². The number of nitrogens with one attached hydrogen (secondary N) is 1. The maximum Gasteiger partial charge on any atom is 0.0642 e. The lowest BCUT2D eigenvalue weighted by molar-refractivity contribution is 0.566. The first-order chi connectivity index (χ1) is 6.29. The number of benzene rings is 1. The molecule has 0 unspecified atom stereocenters. The van der Waals surface area contributed by atoms with E-state index >= 15 is 0 Å². The summed E-state index contributed by atoms with van der Waals surface area (Å²) in [5.41, 5.74) is 3.41. The minimum atomic E-state index is -0.196. The summed E-state index contributed by atoms with van der Waals surface area (Å²) in [4.78, 5) is 0. The Bertz CT molecular complexity index is 319. The number of hydrogen-bond acceptors (Lipinski definition) is 3. The monoisotopic (exact) mass is 195 g/mol. The molecule has 4 heteroatoms. The van der Waals surface area contributed by atoms with Crippen molar-refractivity contribution in [3.05, 3.63) is 34.9 Å². The second kappa shape index (κ2) is 4.83. The van der Waals surface area contributed by atoms with Gasteiger partial charge in [-0.15, -0.1) is 0 Å². The summed E-state index contributed by atoms with van der Waals surface area (Å²) in [5, 5.41) is 9.16. The molecule has 0 aliphatic carbocycles. The first kappa shape index (κ1) is 10.0. The standard InChI is InChI=1S/C9H10ClN3/c10-8-4-2-1-3-7(8)9(13-12)5-6-11/h1-4,9,13H,5,12H2/t9-/m0/s1. The molecule has 3 nitrogen and oxygen atoms in total. The number of nitriles is 1. The van der Waals surface area contributed by atoms with Gasteiger partial charge in [0.15, 0.2) is 0 Å². The summed E-state index contributed by atoms with van der Waals surface area (Å²) in [7, 11) is 0. The predicted molar refractivity (Wildman–Crippen MR) is 51.7 cm³/mol. The summed E-state index contributed by atoms with van der Waals surface area (Å²) in [6.07, 6.45) is 0.306. The van der Waals surface area contributed by atoms with Gasteiger partial charge in [-0.2, -0.15) is 5.26 Å². The van der Waals surface area contributed by atoms with Crippen molar-refractivity contribution in [2.45, 2.75) is 12.5 Å². The van der Waals surface area contributed by atoms with E-state index in [9.17, 15) is 0 Å². The van der Waals surface area contributed by atoms with Crippen LogP contribution < -0.4 is 11.3 Å². The van der Waals surface area contributed by atoms with Crippen LogP contribution in [-0.2, 0) is 0 Å². The van der Waals surface area contributed by atoms with E-state index < -0.39 is 0 Å². The van der Waals surface area contributed by atoms with E-state index in [1.165, 1.54) is 0 Å². The van der Waals surface area contributed by atoms with Crippen LogP contribution >= 0.6 is 11.6 Å². The van der Waals surface area contributed by atoms with Crippen LogP contribution in [-0.4, -0.2) is 0 Å². The fourth-order valence-corrected chi connectivity index (χ4v) is 1.38. The molecule has 0 aromatic heterocycles. The molecular formula is C9H10ClN3. The zero-order chi connectivity index (χ0) is 9.68.